The van der Waals surface area contributed by atoms with E-state index in [0.717, 1.165) is 0 Å². The number of carbonyl (C=O) groups is 1. The lowest BCUT2D eigenvalue weighted by atomic mass is 10.2. The Hall–Kier alpha value is -1.58. The molecule has 112 valence electrons. The number of rotatable bonds is 7. The van der Waals surface area contributed by atoms with Crippen LogP contribution in [0.15, 0.2) is 17.0 Å². The minimum absolute atomic E-state index is 0.0816. The Morgan fingerprint density at radius 1 is 1.25 bits per heavy atom. The number of halogens is 2. The van der Waals surface area contributed by atoms with E-state index in [0.29, 0.717) is 12.1 Å². The molecule has 0 amide bonds. The van der Waals surface area contributed by atoms with E-state index in [1.165, 1.54) is 0 Å². The molecule has 9 heteroatoms. The van der Waals surface area contributed by atoms with Gasteiger partial charge in [0, 0.05) is 0 Å². The van der Waals surface area contributed by atoms with Gasteiger partial charge in [0.15, 0.2) is 15.7 Å². The third kappa shape index (κ3) is 3.71. The second-order valence-electron chi connectivity index (χ2n) is 3.69. The molecule has 0 radical (unpaired) electrons. The Kier molecular flexibility index (Phi) is 5.54. The molecule has 0 aliphatic carbocycles. The smallest absolute Gasteiger partial charge is 0.341 e. The van der Waals surface area contributed by atoms with Gasteiger partial charge in [-0.1, -0.05) is 0 Å². The van der Waals surface area contributed by atoms with E-state index in [2.05, 4.69) is 0 Å². The van der Waals surface area contributed by atoms with E-state index >= 15 is 0 Å². The number of aromatic carboxylic acids is 1. The Balaban J connectivity index is 3.07. The summed E-state index contributed by atoms with van der Waals surface area (Å²) in [6, 6.07) is 1.24. The molecule has 0 saturated carbocycles. The minimum Gasteiger partial charge on any atom is -0.477 e. The summed E-state index contributed by atoms with van der Waals surface area (Å²) < 4.78 is 55.3. The van der Waals surface area contributed by atoms with Crippen molar-refractivity contribution in [3.05, 3.63) is 29.3 Å². The summed E-state index contributed by atoms with van der Waals surface area (Å²) in [5.74, 6) is -5.51. The molecule has 0 unspecified atom stereocenters. The molecule has 0 aliphatic heterocycles. The summed E-state index contributed by atoms with van der Waals surface area (Å²) in [5, 5.41) is 17.1. The van der Waals surface area contributed by atoms with Crippen molar-refractivity contribution in [2.45, 2.75) is 4.90 Å². The highest BCUT2D eigenvalue weighted by Gasteiger charge is 2.26. The molecule has 6 nitrogen and oxygen atoms in total. The first-order chi connectivity index (χ1) is 9.31. The summed E-state index contributed by atoms with van der Waals surface area (Å²) in [4.78, 5) is 9.79. The van der Waals surface area contributed by atoms with Crippen LogP contribution in [-0.4, -0.2) is 50.2 Å². The first-order valence-corrected chi connectivity index (χ1v) is 7.09. The number of ether oxygens (including phenoxy) is 1. The first kappa shape index (κ1) is 16.5. The molecule has 0 aliphatic rings. The number of hydrogen-bond donors (Lipinski definition) is 2. The van der Waals surface area contributed by atoms with Gasteiger partial charge < -0.3 is 14.9 Å². The largest absolute Gasteiger partial charge is 0.477 e. The number of hydrogen-bond acceptors (Lipinski definition) is 5. The van der Waals surface area contributed by atoms with Crippen LogP contribution in [0.3, 0.4) is 0 Å². The van der Waals surface area contributed by atoms with Crippen molar-refractivity contribution >= 4 is 15.8 Å². The van der Waals surface area contributed by atoms with Gasteiger partial charge in [0.25, 0.3) is 0 Å². The predicted molar refractivity (Wildman–Crippen MR) is 63.3 cm³/mol. The van der Waals surface area contributed by atoms with Crippen LogP contribution in [0.4, 0.5) is 8.78 Å². The van der Waals surface area contributed by atoms with Gasteiger partial charge >= 0.3 is 5.97 Å². The Labute approximate surface area is 113 Å². The van der Waals surface area contributed by atoms with Crippen LogP contribution in [-0.2, 0) is 14.6 Å². The maximum absolute atomic E-state index is 13.8. The lowest BCUT2D eigenvalue weighted by Gasteiger charge is -2.08. The van der Waals surface area contributed by atoms with E-state index in [1.807, 2.05) is 0 Å². The lowest BCUT2D eigenvalue weighted by molar-refractivity contribution is 0.0685. The average molecular weight is 310 g/mol. The third-order valence-corrected chi connectivity index (χ3v) is 4.03. The zero-order valence-electron chi connectivity index (χ0n) is 10.2. The molecule has 0 saturated heterocycles. The summed E-state index contributed by atoms with van der Waals surface area (Å²) in [7, 11) is -4.16. The standard InChI is InChI=1S/C11H12F2O6S/c12-7-1-2-8(10(13)9(7)11(15)16)20(17,18)6-5-19-4-3-14/h1-2,14H,3-6H2,(H,15,16). The number of aliphatic hydroxyl groups excluding tert-OH is 1. The zero-order valence-corrected chi connectivity index (χ0v) is 11.0. The summed E-state index contributed by atoms with van der Waals surface area (Å²) in [6.07, 6.45) is 0. The molecule has 0 heterocycles. The molecule has 20 heavy (non-hydrogen) atoms. The summed E-state index contributed by atoms with van der Waals surface area (Å²) in [5.41, 5.74) is -1.32. The molecule has 1 aromatic carbocycles. The fourth-order valence-electron chi connectivity index (χ4n) is 1.41. The molecule has 1 aromatic rings. The van der Waals surface area contributed by atoms with Gasteiger partial charge in [0.2, 0.25) is 0 Å². The van der Waals surface area contributed by atoms with Crippen LogP contribution in [0.2, 0.25) is 0 Å². The van der Waals surface area contributed by atoms with Crippen LogP contribution in [0, 0.1) is 11.6 Å². The fourth-order valence-corrected chi connectivity index (χ4v) is 2.62. The molecule has 0 aromatic heterocycles. The predicted octanol–water partition coefficient (Wildman–Crippen LogP) is 0.446. The van der Waals surface area contributed by atoms with Crippen molar-refractivity contribution in [2.24, 2.45) is 0 Å². The van der Waals surface area contributed by atoms with E-state index in [9.17, 15) is 22.0 Å². The lowest BCUT2D eigenvalue weighted by Crippen LogP contribution is -2.17. The van der Waals surface area contributed by atoms with E-state index in [1.54, 1.807) is 0 Å². The van der Waals surface area contributed by atoms with Crippen molar-refractivity contribution in [2.75, 3.05) is 25.6 Å². The zero-order chi connectivity index (χ0) is 15.3. The van der Waals surface area contributed by atoms with Crippen molar-refractivity contribution < 1.29 is 36.9 Å². The molecular weight excluding hydrogens is 298 g/mol. The van der Waals surface area contributed by atoms with Gasteiger partial charge in [-0.3, -0.25) is 0 Å². The number of aliphatic hydroxyl groups is 1. The topological polar surface area (TPSA) is 101 Å². The number of carboxylic acids is 1. The maximum Gasteiger partial charge on any atom is 0.341 e. The molecule has 0 spiro atoms. The minimum atomic E-state index is -4.16. The second kappa shape index (κ2) is 6.73. The van der Waals surface area contributed by atoms with Gasteiger partial charge in [0.1, 0.15) is 16.3 Å². The molecule has 0 fully saturated rings. The van der Waals surface area contributed by atoms with Crippen molar-refractivity contribution in [1.82, 2.24) is 0 Å². The normalized spacial score (nSPS) is 11.6. The number of sulfone groups is 1. The highest BCUT2D eigenvalue weighted by Crippen LogP contribution is 2.22. The monoisotopic (exact) mass is 310 g/mol. The first-order valence-electron chi connectivity index (χ1n) is 5.44. The quantitative estimate of drug-likeness (QED) is 0.560. The van der Waals surface area contributed by atoms with Gasteiger partial charge in [0.05, 0.1) is 25.6 Å². The summed E-state index contributed by atoms with van der Waals surface area (Å²) in [6.45, 7) is -0.683. The van der Waals surface area contributed by atoms with Crippen molar-refractivity contribution in [1.29, 1.82) is 0 Å². The molecular formula is C11H12F2O6S. The maximum atomic E-state index is 13.8. The molecule has 0 atom stereocenters. The van der Waals surface area contributed by atoms with Crippen LogP contribution < -0.4 is 0 Å². The number of carboxylic acid groups (broad SMARTS) is 1. The van der Waals surface area contributed by atoms with Gasteiger partial charge in [-0.15, -0.1) is 0 Å². The Morgan fingerprint density at radius 3 is 2.45 bits per heavy atom. The summed E-state index contributed by atoms with van der Waals surface area (Å²) >= 11 is 0. The van der Waals surface area contributed by atoms with Gasteiger partial charge in [-0.25, -0.2) is 22.0 Å². The third-order valence-electron chi connectivity index (χ3n) is 2.34. The highest BCUT2D eigenvalue weighted by molar-refractivity contribution is 7.91. The molecule has 2 N–H and O–H groups in total. The average Bonchev–Trinajstić information content (AvgIpc) is 2.34. The van der Waals surface area contributed by atoms with Gasteiger partial charge in [-0.2, -0.15) is 0 Å². The van der Waals surface area contributed by atoms with Crippen molar-refractivity contribution in [3.8, 4) is 0 Å². The highest BCUT2D eigenvalue weighted by atomic mass is 32.2. The fraction of sp³-hybridized carbons (Fsp3) is 0.364. The van der Waals surface area contributed by atoms with Crippen LogP contribution >= 0.6 is 0 Å². The SMILES string of the molecule is O=C(O)c1c(F)ccc(S(=O)(=O)CCOCCO)c1F. The van der Waals surface area contributed by atoms with Crippen LogP contribution in [0.1, 0.15) is 10.4 Å². The van der Waals surface area contributed by atoms with E-state index in [-0.39, 0.29) is 19.8 Å². The van der Waals surface area contributed by atoms with Crippen LogP contribution in [0.5, 0.6) is 0 Å². The van der Waals surface area contributed by atoms with Crippen molar-refractivity contribution in [3.63, 3.8) is 0 Å². The van der Waals surface area contributed by atoms with Gasteiger partial charge in [-0.05, 0) is 12.1 Å². The second-order valence-corrected chi connectivity index (χ2v) is 5.77. The molecule has 0 bridgehead atoms. The Bertz CT molecular complexity index is 599. The van der Waals surface area contributed by atoms with E-state index in [4.69, 9.17) is 14.9 Å². The number of benzene rings is 1. The molecule has 1 rings (SSSR count). The van der Waals surface area contributed by atoms with Crippen LogP contribution in [0.25, 0.3) is 0 Å². The Morgan fingerprint density at radius 2 is 1.90 bits per heavy atom. The van der Waals surface area contributed by atoms with E-state index < -0.39 is 43.7 Å².